The van der Waals surface area contributed by atoms with Gasteiger partial charge in [-0.15, -0.1) is 0 Å². The predicted molar refractivity (Wildman–Crippen MR) is 74.5 cm³/mol. The molecule has 23 heavy (non-hydrogen) atoms. The van der Waals surface area contributed by atoms with Crippen molar-refractivity contribution in [2.75, 3.05) is 6.61 Å². The maximum atomic E-state index is 12.3. The first-order valence-electron chi connectivity index (χ1n) is 6.30. The third kappa shape index (κ3) is 4.20. The average Bonchev–Trinajstić information content (AvgIpc) is 2.52. The molecule has 0 unspecified atom stereocenters. The van der Waals surface area contributed by atoms with E-state index in [9.17, 15) is 18.0 Å². The Morgan fingerprint density at radius 1 is 1.30 bits per heavy atom. The molecule has 2 aromatic rings. The number of halogens is 3. The summed E-state index contributed by atoms with van der Waals surface area (Å²) in [5, 5.41) is 8.77. The van der Waals surface area contributed by atoms with Crippen molar-refractivity contribution in [3.05, 3.63) is 47.7 Å². The summed E-state index contributed by atoms with van der Waals surface area (Å²) in [4.78, 5) is 15.0. The van der Waals surface area contributed by atoms with Crippen LogP contribution in [-0.4, -0.2) is 23.7 Å². The molecule has 0 spiro atoms. The van der Waals surface area contributed by atoms with Crippen LogP contribution < -0.4 is 10.5 Å². The zero-order valence-corrected chi connectivity index (χ0v) is 11.6. The van der Waals surface area contributed by atoms with Crippen molar-refractivity contribution >= 4 is 5.91 Å². The number of alkyl halides is 3. The van der Waals surface area contributed by atoms with E-state index in [0.717, 1.165) is 6.20 Å². The smallest absolute Gasteiger partial charge is 0.422 e. The highest BCUT2D eigenvalue weighted by Crippen LogP contribution is 2.30. The standard InChI is InChI=1S/C15H10F3N3O2/c16-15(17,18)8-23-14-12(5-11(7-21-14)13(20)22)10-3-1-9(6-19)2-4-10/h1-5,7H,8H2,(H2,20,22). The third-order valence-electron chi connectivity index (χ3n) is 2.83. The summed E-state index contributed by atoms with van der Waals surface area (Å²) in [6.07, 6.45) is -3.48. The van der Waals surface area contributed by atoms with Crippen LogP contribution in [0.3, 0.4) is 0 Å². The van der Waals surface area contributed by atoms with Gasteiger partial charge in [-0.3, -0.25) is 4.79 Å². The largest absolute Gasteiger partial charge is 0.468 e. The van der Waals surface area contributed by atoms with E-state index < -0.39 is 18.7 Å². The molecule has 2 N–H and O–H groups in total. The Morgan fingerprint density at radius 3 is 2.48 bits per heavy atom. The van der Waals surface area contributed by atoms with Crippen LogP contribution in [0.4, 0.5) is 13.2 Å². The summed E-state index contributed by atoms with van der Waals surface area (Å²) in [6, 6.07) is 9.22. The van der Waals surface area contributed by atoms with Gasteiger partial charge in [0.15, 0.2) is 6.61 Å². The number of primary amides is 1. The predicted octanol–water partition coefficient (Wildman–Crippen LogP) is 2.66. The highest BCUT2D eigenvalue weighted by Gasteiger charge is 2.29. The molecule has 0 aliphatic heterocycles. The van der Waals surface area contributed by atoms with Crippen molar-refractivity contribution in [3.63, 3.8) is 0 Å². The summed E-state index contributed by atoms with van der Waals surface area (Å²) >= 11 is 0. The molecule has 1 heterocycles. The summed E-state index contributed by atoms with van der Waals surface area (Å²) in [6.45, 7) is -1.51. The number of ether oxygens (including phenoxy) is 1. The third-order valence-corrected chi connectivity index (χ3v) is 2.83. The summed E-state index contributed by atoms with van der Waals surface area (Å²) in [5.74, 6) is -1.05. The number of hydrogen-bond acceptors (Lipinski definition) is 4. The Balaban J connectivity index is 2.45. The second-order valence-corrected chi connectivity index (χ2v) is 4.53. The quantitative estimate of drug-likeness (QED) is 0.937. The van der Waals surface area contributed by atoms with Crippen LogP contribution in [0.25, 0.3) is 11.1 Å². The van der Waals surface area contributed by atoms with Gasteiger partial charge < -0.3 is 10.5 Å². The molecular weight excluding hydrogens is 311 g/mol. The minimum Gasteiger partial charge on any atom is -0.468 e. The van der Waals surface area contributed by atoms with Gasteiger partial charge in [0.1, 0.15) is 0 Å². The van der Waals surface area contributed by atoms with Crippen molar-refractivity contribution in [1.29, 1.82) is 5.26 Å². The van der Waals surface area contributed by atoms with E-state index >= 15 is 0 Å². The molecule has 0 saturated carbocycles. The Hall–Kier alpha value is -3.08. The lowest BCUT2D eigenvalue weighted by atomic mass is 10.0. The molecule has 0 radical (unpaired) electrons. The van der Waals surface area contributed by atoms with Gasteiger partial charge in [-0.25, -0.2) is 4.98 Å². The molecule has 1 aromatic heterocycles. The SMILES string of the molecule is N#Cc1ccc(-c2cc(C(N)=O)cnc2OCC(F)(F)F)cc1. The molecule has 0 aliphatic carbocycles. The summed E-state index contributed by atoms with van der Waals surface area (Å²) < 4.78 is 41.7. The summed E-state index contributed by atoms with van der Waals surface area (Å²) in [7, 11) is 0. The Morgan fingerprint density at radius 2 is 1.96 bits per heavy atom. The van der Waals surface area contributed by atoms with E-state index in [2.05, 4.69) is 4.98 Å². The zero-order valence-electron chi connectivity index (χ0n) is 11.6. The lowest BCUT2D eigenvalue weighted by molar-refractivity contribution is -0.154. The van der Waals surface area contributed by atoms with Crippen molar-refractivity contribution in [2.24, 2.45) is 5.73 Å². The minimum absolute atomic E-state index is 0.0312. The van der Waals surface area contributed by atoms with E-state index in [1.807, 2.05) is 6.07 Å². The van der Waals surface area contributed by atoms with Crippen LogP contribution in [0.5, 0.6) is 5.88 Å². The minimum atomic E-state index is -4.52. The van der Waals surface area contributed by atoms with E-state index in [-0.39, 0.29) is 17.0 Å². The van der Waals surface area contributed by atoms with Gasteiger partial charge in [0.2, 0.25) is 11.8 Å². The number of aromatic nitrogens is 1. The maximum absolute atomic E-state index is 12.3. The first-order chi connectivity index (χ1) is 10.8. The zero-order chi connectivity index (χ0) is 17.0. The van der Waals surface area contributed by atoms with Crippen molar-refractivity contribution in [1.82, 2.24) is 4.98 Å². The maximum Gasteiger partial charge on any atom is 0.422 e. The van der Waals surface area contributed by atoms with E-state index in [0.29, 0.717) is 11.1 Å². The normalized spacial score (nSPS) is 10.9. The first-order valence-corrected chi connectivity index (χ1v) is 6.30. The number of benzene rings is 1. The molecule has 5 nitrogen and oxygen atoms in total. The van der Waals surface area contributed by atoms with Crippen LogP contribution in [0.15, 0.2) is 36.5 Å². The lowest BCUT2D eigenvalue weighted by Gasteiger charge is -2.13. The van der Waals surface area contributed by atoms with Crippen LogP contribution in [0.1, 0.15) is 15.9 Å². The number of carbonyl (C=O) groups excluding carboxylic acids is 1. The molecule has 0 aliphatic rings. The van der Waals surface area contributed by atoms with Crippen LogP contribution in [0.2, 0.25) is 0 Å². The van der Waals surface area contributed by atoms with Crippen molar-refractivity contribution < 1.29 is 22.7 Å². The summed E-state index contributed by atoms with van der Waals surface area (Å²) in [5.41, 5.74) is 6.19. The molecule has 0 fully saturated rings. The van der Waals surface area contributed by atoms with Crippen LogP contribution >= 0.6 is 0 Å². The number of hydrogen-bond donors (Lipinski definition) is 1. The van der Waals surface area contributed by atoms with E-state index in [1.165, 1.54) is 30.3 Å². The highest BCUT2D eigenvalue weighted by atomic mass is 19.4. The van der Waals surface area contributed by atoms with Gasteiger partial charge in [-0.05, 0) is 23.8 Å². The molecule has 8 heteroatoms. The first kappa shape index (κ1) is 16.3. The number of rotatable bonds is 4. The van der Waals surface area contributed by atoms with Crippen molar-refractivity contribution in [3.8, 4) is 23.1 Å². The highest BCUT2D eigenvalue weighted by molar-refractivity contribution is 5.94. The van der Waals surface area contributed by atoms with Gasteiger partial charge >= 0.3 is 6.18 Å². The van der Waals surface area contributed by atoms with E-state index in [4.69, 9.17) is 15.7 Å². The lowest BCUT2D eigenvalue weighted by Crippen LogP contribution is -2.20. The van der Waals surface area contributed by atoms with Crippen LogP contribution in [-0.2, 0) is 0 Å². The molecular formula is C15H10F3N3O2. The number of nitrogens with two attached hydrogens (primary N) is 1. The fourth-order valence-electron chi connectivity index (χ4n) is 1.78. The fraction of sp³-hybridized carbons (Fsp3) is 0.133. The van der Waals surface area contributed by atoms with Gasteiger partial charge in [0.05, 0.1) is 17.2 Å². The Labute approximate surface area is 129 Å². The van der Waals surface area contributed by atoms with Gasteiger partial charge in [0, 0.05) is 11.8 Å². The molecule has 1 amide bonds. The fourth-order valence-corrected chi connectivity index (χ4v) is 1.78. The second-order valence-electron chi connectivity index (χ2n) is 4.53. The van der Waals surface area contributed by atoms with Gasteiger partial charge in [0.25, 0.3) is 0 Å². The molecule has 0 bridgehead atoms. The number of pyridine rings is 1. The average molecular weight is 321 g/mol. The second kappa shape index (κ2) is 6.36. The Bertz CT molecular complexity index is 765. The molecule has 0 saturated heterocycles. The van der Waals surface area contributed by atoms with Crippen LogP contribution in [0, 0.1) is 11.3 Å². The topological polar surface area (TPSA) is 89.0 Å². The molecule has 118 valence electrons. The van der Waals surface area contributed by atoms with Gasteiger partial charge in [-0.2, -0.15) is 18.4 Å². The number of nitrogens with zero attached hydrogens (tertiary/aromatic N) is 2. The number of amides is 1. The molecule has 0 atom stereocenters. The van der Waals surface area contributed by atoms with E-state index in [1.54, 1.807) is 0 Å². The Kier molecular flexibility index (Phi) is 4.50. The van der Waals surface area contributed by atoms with Crippen molar-refractivity contribution in [2.45, 2.75) is 6.18 Å². The number of nitriles is 1. The molecule has 1 aromatic carbocycles. The monoisotopic (exact) mass is 321 g/mol. The van der Waals surface area contributed by atoms with Gasteiger partial charge in [-0.1, -0.05) is 12.1 Å². The molecule has 2 rings (SSSR count). The number of carbonyl (C=O) groups is 1.